The lowest BCUT2D eigenvalue weighted by atomic mass is 9.99. The third-order valence-electron chi connectivity index (χ3n) is 2.55. The Morgan fingerprint density at radius 2 is 2.40 bits per heavy atom. The fourth-order valence-corrected chi connectivity index (χ4v) is 1.28. The van der Waals surface area contributed by atoms with E-state index in [-0.39, 0.29) is 11.6 Å². The van der Waals surface area contributed by atoms with Gasteiger partial charge in [0.05, 0.1) is 11.6 Å². The Hall–Kier alpha value is -0.980. The largest absolute Gasteiger partial charge is 0.379 e. The molecule has 1 unspecified atom stereocenters. The van der Waals surface area contributed by atoms with Gasteiger partial charge in [-0.15, -0.1) is 0 Å². The van der Waals surface area contributed by atoms with Crippen molar-refractivity contribution in [1.82, 2.24) is 20.6 Å². The third-order valence-corrected chi connectivity index (χ3v) is 2.55. The van der Waals surface area contributed by atoms with Gasteiger partial charge in [-0.1, -0.05) is 0 Å². The highest BCUT2D eigenvalue weighted by Gasteiger charge is 2.20. The molecule has 0 spiro atoms. The summed E-state index contributed by atoms with van der Waals surface area (Å²) in [5.74, 6) is 6.21. The minimum absolute atomic E-state index is 0.0121. The summed E-state index contributed by atoms with van der Waals surface area (Å²) in [6.45, 7) is 4.09. The molecule has 0 aliphatic rings. The third kappa shape index (κ3) is 3.58. The van der Waals surface area contributed by atoms with Crippen LogP contribution in [-0.4, -0.2) is 27.9 Å². The second kappa shape index (κ2) is 5.20. The van der Waals surface area contributed by atoms with E-state index < -0.39 is 0 Å². The lowest BCUT2D eigenvalue weighted by Crippen LogP contribution is -2.31. The molecule has 0 radical (unpaired) electrons. The van der Waals surface area contributed by atoms with Crippen molar-refractivity contribution in [3.8, 4) is 0 Å². The van der Waals surface area contributed by atoms with Crippen LogP contribution in [0.2, 0.25) is 0 Å². The van der Waals surface area contributed by atoms with E-state index in [0.29, 0.717) is 0 Å². The first-order chi connectivity index (χ1) is 7.09. The lowest BCUT2D eigenvalue weighted by Gasteiger charge is -2.24. The van der Waals surface area contributed by atoms with Crippen LogP contribution in [0.1, 0.15) is 38.6 Å². The van der Waals surface area contributed by atoms with Crippen LogP contribution in [0.15, 0.2) is 6.33 Å². The molecular formula is C9H19N5O. The molecule has 0 saturated carbocycles. The molecule has 1 heterocycles. The number of nitrogens with one attached hydrogen (secondary N) is 2. The van der Waals surface area contributed by atoms with Gasteiger partial charge >= 0.3 is 0 Å². The average Bonchev–Trinajstić information content (AvgIpc) is 2.72. The van der Waals surface area contributed by atoms with E-state index in [1.54, 1.807) is 7.11 Å². The van der Waals surface area contributed by atoms with E-state index in [4.69, 9.17) is 10.6 Å². The van der Waals surface area contributed by atoms with Crippen LogP contribution in [-0.2, 0) is 4.74 Å². The van der Waals surface area contributed by atoms with Crippen molar-refractivity contribution < 1.29 is 4.74 Å². The van der Waals surface area contributed by atoms with Crippen LogP contribution in [0.4, 0.5) is 0 Å². The highest BCUT2D eigenvalue weighted by molar-refractivity contribution is 4.91. The quantitative estimate of drug-likeness (QED) is 0.473. The standard InChI is InChI=1S/C9H19N5O/c1-9(2,15-3)5-4-7(13-10)8-11-6-12-14-8/h6-7,13H,4-5,10H2,1-3H3,(H,11,12,14). The smallest absolute Gasteiger partial charge is 0.142 e. The molecule has 1 aromatic heterocycles. The Labute approximate surface area is 89.6 Å². The number of nitrogens with two attached hydrogens (primary N) is 1. The highest BCUT2D eigenvalue weighted by atomic mass is 16.5. The van der Waals surface area contributed by atoms with Gasteiger partial charge in [-0.3, -0.25) is 10.9 Å². The van der Waals surface area contributed by atoms with E-state index in [1.165, 1.54) is 6.33 Å². The van der Waals surface area contributed by atoms with Crippen LogP contribution < -0.4 is 11.3 Å². The summed E-state index contributed by atoms with van der Waals surface area (Å²) >= 11 is 0. The Morgan fingerprint density at radius 1 is 1.67 bits per heavy atom. The van der Waals surface area contributed by atoms with Crippen LogP contribution in [0.25, 0.3) is 0 Å². The molecule has 0 aromatic carbocycles. The zero-order chi connectivity index (χ0) is 11.3. The molecule has 1 atom stereocenters. The molecule has 6 heteroatoms. The molecule has 0 aliphatic carbocycles. The SMILES string of the molecule is COC(C)(C)CCC(NN)c1ncn[nH]1. The normalized spacial score (nSPS) is 14.1. The van der Waals surface area contributed by atoms with Crippen LogP contribution in [0, 0.1) is 0 Å². The fraction of sp³-hybridized carbons (Fsp3) is 0.778. The number of methoxy groups -OCH3 is 1. The van der Waals surface area contributed by atoms with E-state index in [0.717, 1.165) is 18.7 Å². The molecule has 86 valence electrons. The summed E-state index contributed by atoms with van der Waals surface area (Å²) < 4.78 is 5.34. The Kier molecular flexibility index (Phi) is 4.19. The lowest BCUT2D eigenvalue weighted by molar-refractivity contribution is 0.0115. The molecule has 15 heavy (non-hydrogen) atoms. The minimum Gasteiger partial charge on any atom is -0.379 e. The number of hydrazine groups is 1. The molecule has 4 N–H and O–H groups in total. The maximum absolute atomic E-state index is 5.46. The monoisotopic (exact) mass is 213 g/mol. The van der Waals surface area contributed by atoms with Gasteiger partial charge in [0.2, 0.25) is 0 Å². The number of rotatable bonds is 6. The second-order valence-corrected chi connectivity index (χ2v) is 4.09. The number of H-pyrrole nitrogens is 1. The number of hydrogen-bond acceptors (Lipinski definition) is 5. The van der Waals surface area contributed by atoms with Crippen LogP contribution >= 0.6 is 0 Å². The van der Waals surface area contributed by atoms with Crippen LogP contribution in [0.5, 0.6) is 0 Å². The highest BCUT2D eigenvalue weighted by Crippen LogP contribution is 2.21. The molecule has 0 bridgehead atoms. The molecule has 1 rings (SSSR count). The average molecular weight is 213 g/mol. The van der Waals surface area contributed by atoms with Crippen molar-refractivity contribution >= 4 is 0 Å². The van der Waals surface area contributed by atoms with Gasteiger partial charge in [0, 0.05) is 7.11 Å². The van der Waals surface area contributed by atoms with Crippen molar-refractivity contribution in [3.05, 3.63) is 12.2 Å². The van der Waals surface area contributed by atoms with Crippen molar-refractivity contribution in [2.24, 2.45) is 5.84 Å². The maximum atomic E-state index is 5.46. The number of nitrogens with zero attached hydrogens (tertiary/aromatic N) is 2. The van der Waals surface area contributed by atoms with Gasteiger partial charge in [-0.05, 0) is 26.7 Å². The maximum Gasteiger partial charge on any atom is 0.142 e. The zero-order valence-electron chi connectivity index (χ0n) is 9.45. The number of hydrogen-bond donors (Lipinski definition) is 3. The van der Waals surface area contributed by atoms with Gasteiger partial charge in [-0.2, -0.15) is 5.10 Å². The van der Waals surface area contributed by atoms with Gasteiger partial charge in [-0.25, -0.2) is 10.4 Å². The van der Waals surface area contributed by atoms with Crippen molar-refractivity contribution in [2.75, 3.05) is 7.11 Å². The molecule has 1 aromatic rings. The summed E-state index contributed by atoms with van der Waals surface area (Å²) in [5, 5.41) is 6.59. The number of ether oxygens (including phenoxy) is 1. The van der Waals surface area contributed by atoms with Crippen molar-refractivity contribution in [1.29, 1.82) is 0 Å². The predicted molar refractivity (Wildman–Crippen MR) is 56.8 cm³/mol. The Morgan fingerprint density at radius 3 is 2.87 bits per heavy atom. The van der Waals surface area contributed by atoms with Gasteiger partial charge in [0.1, 0.15) is 12.2 Å². The Bertz CT molecular complexity index is 272. The summed E-state index contributed by atoms with van der Waals surface area (Å²) in [6, 6.07) is -0.0121. The Balaban J connectivity index is 2.49. The summed E-state index contributed by atoms with van der Waals surface area (Å²) in [7, 11) is 1.71. The first-order valence-electron chi connectivity index (χ1n) is 4.95. The van der Waals surface area contributed by atoms with Crippen molar-refractivity contribution in [3.63, 3.8) is 0 Å². The van der Waals surface area contributed by atoms with E-state index in [1.807, 2.05) is 13.8 Å². The summed E-state index contributed by atoms with van der Waals surface area (Å²) in [4.78, 5) is 4.06. The first kappa shape index (κ1) is 12.1. The molecular weight excluding hydrogens is 194 g/mol. The molecule has 0 fully saturated rings. The summed E-state index contributed by atoms with van der Waals surface area (Å²) in [5.41, 5.74) is 2.57. The molecule has 6 nitrogen and oxygen atoms in total. The van der Waals surface area contributed by atoms with E-state index in [9.17, 15) is 0 Å². The van der Waals surface area contributed by atoms with E-state index >= 15 is 0 Å². The summed E-state index contributed by atoms with van der Waals surface area (Å²) in [6.07, 6.45) is 3.20. The minimum atomic E-state index is -0.144. The zero-order valence-corrected chi connectivity index (χ0v) is 9.45. The molecule has 0 aliphatic heterocycles. The first-order valence-corrected chi connectivity index (χ1v) is 4.95. The molecule has 0 saturated heterocycles. The van der Waals surface area contributed by atoms with E-state index in [2.05, 4.69) is 20.6 Å². The van der Waals surface area contributed by atoms with Crippen LogP contribution in [0.3, 0.4) is 0 Å². The van der Waals surface area contributed by atoms with Gasteiger partial charge < -0.3 is 4.74 Å². The van der Waals surface area contributed by atoms with Crippen molar-refractivity contribution in [2.45, 2.75) is 38.3 Å². The van der Waals surface area contributed by atoms with Gasteiger partial charge in [0.25, 0.3) is 0 Å². The predicted octanol–water partition coefficient (Wildman–Crippen LogP) is 0.514. The second-order valence-electron chi connectivity index (χ2n) is 4.09. The molecule has 0 amide bonds. The fourth-order valence-electron chi connectivity index (χ4n) is 1.28. The topological polar surface area (TPSA) is 88.8 Å². The van der Waals surface area contributed by atoms with Gasteiger partial charge in [0.15, 0.2) is 0 Å². The number of aromatic amines is 1. The number of aromatic nitrogens is 3.